The summed E-state index contributed by atoms with van der Waals surface area (Å²) in [5.41, 5.74) is -1.10. The number of ether oxygens (including phenoxy) is 4. The number of hydrogen-bond acceptors (Lipinski definition) is 9. The molecule has 30 heavy (non-hydrogen) atoms. The second-order valence-electron chi connectivity index (χ2n) is 7.22. The van der Waals surface area contributed by atoms with E-state index in [2.05, 4.69) is 5.16 Å². The molecule has 1 aliphatic carbocycles. The number of carbonyl (C=O) groups is 2. The first-order chi connectivity index (χ1) is 14.2. The summed E-state index contributed by atoms with van der Waals surface area (Å²) in [6, 6.07) is 4.93. The molecule has 2 N–H and O–H groups in total. The number of carbonyl (C=O) groups excluding carboxylic acids is 2. The predicted molar refractivity (Wildman–Crippen MR) is 107 cm³/mol. The molecular weight excluding hydrogens is 394 g/mol. The lowest BCUT2D eigenvalue weighted by Gasteiger charge is -2.44. The first-order valence-corrected chi connectivity index (χ1v) is 9.74. The van der Waals surface area contributed by atoms with Gasteiger partial charge in [-0.3, -0.25) is 9.59 Å². The molecule has 1 aliphatic rings. The Balaban J connectivity index is 2.73. The van der Waals surface area contributed by atoms with E-state index in [1.54, 1.807) is 32.0 Å². The maximum absolute atomic E-state index is 12.9. The van der Waals surface area contributed by atoms with Crippen LogP contribution in [0.3, 0.4) is 0 Å². The van der Waals surface area contributed by atoms with Crippen molar-refractivity contribution in [3.05, 3.63) is 23.8 Å². The van der Waals surface area contributed by atoms with Crippen LogP contribution in [-0.2, 0) is 19.1 Å². The lowest BCUT2D eigenvalue weighted by atomic mass is 9.61. The average Bonchev–Trinajstić information content (AvgIpc) is 2.71. The number of rotatable bonds is 7. The van der Waals surface area contributed by atoms with Crippen LogP contribution >= 0.6 is 0 Å². The van der Waals surface area contributed by atoms with Crippen molar-refractivity contribution >= 4 is 17.7 Å². The van der Waals surface area contributed by atoms with Gasteiger partial charge in [-0.15, -0.1) is 0 Å². The second kappa shape index (κ2) is 9.80. The summed E-state index contributed by atoms with van der Waals surface area (Å²) in [7, 11) is 2.95. The van der Waals surface area contributed by atoms with Gasteiger partial charge >= 0.3 is 11.9 Å². The third kappa shape index (κ3) is 4.51. The number of nitrogens with zero attached hydrogens (tertiary/aromatic N) is 1. The van der Waals surface area contributed by atoms with Crippen molar-refractivity contribution in [2.75, 3.05) is 27.4 Å². The molecule has 9 heteroatoms. The molecule has 0 saturated heterocycles. The predicted octanol–water partition coefficient (Wildman–Crippen LogP) is 2.13. The molecule has 1 fully saturated rings. The van der Waals surface area contributed by atoms with Gasteiger partial charge in [-0.05, 0) is 38.5 Å². The van der Waals surface area contributed by atoms with Crippen LogP contribution in [-0.4, -0.2) is 61.0 Å². The van der Waals surface area contributed by atoms with Crippen molar-refractivity contribution in [2.24, 2.45) is 17.0 Å². The molecule has 0 aromatic heterocycles. The molecular formula is C21H29NO8. The van der Waals surface area contributed by atoms with Gasteiger partial charge < -0.3 is 29.3 Å². The highest BCUT2D eigenvalue weighted by Gasteiger charge is 2.56. The van der Waals surface area contributed by atoms with Crippen molar-refractivity contribution in [3.63, 3.8) is 0 Å². The topological polar surface area (TPSA) is 124 Å². The highest BCUT2D eigenvalue weighted by Crippen LogP contribution is 2.48. The molecule has 0 radical (unpaired) electrons. The second-order valence-corrected chi connectivity index (χ2v) is 7.22. The lowest BCUT2D eigenvalue weighted by Crippen LogP contribution is -2.55. The van der Waals surface area contributed by atoms with Gasteiger partial charge in [-0.1, -0.05) is 11.2 Å². The van der Waals surface area contributed by atoms with Crippen molar-refractivity contribution in [2.45, 2.75) is 38.7 Å². The Morgan fingerprint density at radius 2 is 1.70 bits per heavy atom. The van der Waals surface area contributed by atoms with E-state index in [4.69, 9.17) is 18.9 Å². The lowest BCUT2D eigenvalue weighted by molar-refractivity contribution is -0.163. The summed E-state index contributed by atoms with van der Waals surface area (Å²) < 4.78 is 21.0. The van der Waals surface area contributed by atoms with Crippen molar-refractivity contribution < 1.29 is 38.9 Å². The SMILES string of the molecule is CCOC(=O)[C@@H]1[C@H](c2ccc(OC)c(OC)c2)[C@@H](C(=O)OCC)/C(=N/O)C[C@@]1(C)O. The number of aliphatic hydroxyl groups is 1. The Morgan fingerprint density at radius 1 is 1.10 bits per heavy atom. The minimum atomic E-state index is -1.63. The molecule has 166 valence electrons. The number of oxime groups is 1. The number of hydrogen-bond donors (Lipinski definition) is 2. The van der Waals surface area contributed by atoms with E-state index in [1.807, 2.05) is 0 Å². The van der Waals surface area contributed by atoms with Crippen LogP contribution in [0.5, 0.6) is 11.5 Å². The Labute approximate surface area is 175 Å². The van der Waals surface area contributed by atoms with E-state index in [-0.39, 0.29) is 25.3 Å². The van der Waals surface area contributed by atoms with E-state index in [0.717, 1.165) is 0 Å². The maximum Gasteiger partial charge on any atom is 0.315 e. The van der Waals surface area contributed by atoms with Crippen LogP contribution in [0.2, 0.25) is 0 Å². The average molecular weight is 423 g/mol. The van der Waals surface area contributed by atoms with Gasteiger partial charge in [0, 0.05) is 12.3 Å². The number of benzene rings is 1. The summed E-state index contributed by atoms with van der Waals surface area (Å²) in [6.07, 6.45) is -0.194. The summed E-state index contributed by atoms with van der Waals surface area (Å²) >= 11 is 0. The fraction of sp³-hybridized carbons (Fsp3) is 0.571. The van der Waals surface area contributed by atoms with E-state index in [1.165, 1.54) is 21.1 Å². The van der Waals surface area contributed by atoms with Gasteiger partial charge in [-0.2, -0.15) is 0 Å². The molecule has 0 unspecified atom stereocenters. The van der Waals surface area contributed by atoms with Gasteiger partial charge in [0.15, 0.2) is 11.5 Å². The van der Waals surface area contributed by atoms with Crippen LogP contribution < -0.4 is 9.47 Å². The minimum Gasteiger partial charge on any atom is -0.493 e. The third-order valence-electron chi connectivity index (χ3n) is 5.29. The van der Waals surface area contributed by atoms with Gasteiger partial charge in [0.2, 0.25) is 0 Å². The van der Waals surface area contributed by atoms with Crippen molar-refractivity contribution in [1.82, 2.24) is 0 Å². The van der Waals surface area contributed by atoms with Crippen LogP contribution in [0.1, 0.15) is 38.7 Å². The monoisotopic (exact) mass is 423 g/mol. The van der Waals surface area contributed by atoms with Crippen LogP contribution in [0, 0.1) is 11.8 Å². The summed E-state index contributed by atoms with van der Waals surface area (Å²) in [5.74, 6) is -3.60. The van der Waals surface area contributed by atoms with Crippen LogP contribution in [0.25, 0.3) is 0 Å². The van der Waals surface area contributed by atoms with Crippen molar-refractivity contribution in [1.29, 1.82) is 0 Å². The van der Waals surface area contributed by atoms with Crippen LogP contribution in [0.4, 0.5) is 0 Å². The maximum atomic E-state index is 12.9. The van der Waals surface area contributed by atoms with E-state index in [0.29, 0.717) is 17.1 Å². The minimum absolute atomic E-state index is 0.0267. The molecule has 0 amide bonds. The fourth-order valence-electron chi connectivity index (χ4n) is 4.06. The molecule has 4 atom stereocenters. The zero-order valence-corrected chi connectivity index (χ0v) is 17.9. The third-order valence-corrected chi connectivity index (χ3v) is 5.29. The standard InChI is InChI=1S/C21H29NO8/c1-6-29-19(23)17-13(22-26)11-21(3,25)18(20(24)30-7-2)16(17)12-8-9-14(27-4)15(10-12)28-5/h8-10,16-18,25-26H,6-7,11H2,1-5H3/b22-13+/t16-,17+,18+,21-/m1/s1. The highest BCUT2D eigenvalue weighted by molar-refractivity contribution is 6.05. The van der Waals surface area contributed by atoms with Crippen LogP contribution in [0.15, 0.2) is 23.4 Å². The Kier molecular flexibility index (Phi) is 7.66. The Bertz CT molecular complexity index is 804. The highest BCUT2D eigenvalue weighted by atomic mass is 16.5. The Hall–Kier alpha value is -2.81. The molecule has 0 aliphatic heterocycles. The Morgan fingerprint density at radius 3 is 2.23 bits per heavy atom. The molecule has 0 bridgehead atoms. The van der Waals surface area contributed by atoms with Crippen molar-refractivity contribution in [3.8, 4) is 11.5 Å². The smallest absolute Gasteiger partial charge is 0.315 e. The van der Waals surface area contributed by atoms with Gasteiger partial charge in [0.25, 0.3) is 0 Å². The number of methoxy groups -OCH3 is 2. The van der Waals surface area contributed by atoms with E-state index in [9.17, 15) is 19.9 Å². The quantitative estimate of drug-likeness (QED) is 0.388. The molecule has 2 rings (SSSR count). The molecule has 0 heterocycles. The molecule has 1 aromatic rings. The molecule has 1 aromatic carbocycles. The largest absolute Gasteiger partial charge is 0.493 e. The van der Waals surface area contributed by atoms with Gasteiger partial charge in [0.05, 0.1) is 44.7 Å². The van der Waals surface area contributed by atoms with E-state index >= 15 is 0 Å². The summed E-state index contributed by atoms with van der Waals surface area (Å²) in [5, 5.41) is 24.0. The fourth-order valence-corrected chi connectivity index (χ4v) is 4.06. The normalized spacial score (nSPS) is 27.4. The molecule has 0 spiro atoms. The number of esters is 2. The first kappa shape index (κ1) is 23.5. The van der Waals surface area contributed by atoms with E-state index < -0.39 is 35.3 Å². The molecule has 9 nitrogen and oxygen atoms in total. The summed E-state index contributed by atoms with van der Waals surface area (Å²) in [4.78, 5) is 25.8. The zero-order valence-electron chi connectivity index (χ0n) is 17.9. The summed E-state index contributed by atoms with van der Waals surface area (Å²) in [6.45, 7) is 4.97. The molecule has 1 saturated carbocycles. The first-order valence-electron chi connectivity index (χ1n) is 9.74. The zero-order chi connectivity index (χ0) is 22.5. The van der Waals surface area contributed by atoms with Gasteiger partial charge in [0.1, 0.15) is 5.92 Å². The van der Waals surface area contributed by atoms with Gasteiger partial charge in [-0.25, -0.2) is 0 Å².